The number of nitrogens with two attached hydrogens (primary N) is 1. The Kier molecular flexibility index (Phi) is 7.87. The number of carbonyl (C=O) groups is 2. The van der Waals surface area contributed by atoms with Gasteiger partial charge in [-0.25, -0.2) is 4.39 Å². The maximum Gasteiger partial charge on any atom is 0.295 e. The zero-order valence-corrected chi connectivity index (χ0v) is 18.7. The molecule has 2 heterocycles. The monoisotopic (exact) mass is 438 g/mol. The highest BCUT2D eigenvalue weighted by Gasteiger charge is 2.30. The highest BCUT2D eigenvalue weighted by atomic mass is 19.1. The highest BCUT2D eigenvalue weighted by Crippen LogP contribution is 2.21. The number of nitrogens with zero attached hydrogens (tertiary/aromatic N) is 1. The molecule has 1 aromatic heterocycles. The first-order valence-corrected chi connectivity index (χ1v) is 11.0. The molecular formula is C25H31FN4O2. The van der Waals surface area contributed by atoms with Crippen LogP contribution in [0.15, 0.2) is 48.9 Å². The number of benzene rings is 1. The van der Waals surface area contributed by atoms with Crippen molar-refractivity contribution >= 4 is 23.2 Å². The van der Waals surface area contributed by atoms with Crippen molar-refractivity contribution in [2.45, 2.75) is 39.5 Å². The number of rotatable bonds is 7. The minimum atomic E-state index is -0.686. The molecular weight excluding hydrogens is 407 g/mol. The van der Waals surface area contributed by atoms with E-state index in [0.29, 0.717) is 30.1 Å². The maximum absolute atomic E-state index is 14.8. The molecule has 0 saturated carbocycles. The fourth-order valence-corrected chi connectivity index (χ4v) is 4.22. The molecule has 7 heteroatoms. The molecule has 2 aromatic rings. The van der Waals surface area contributed by atoms with Gasteiger partial charge in [0.05, 0.1) is 10.9 Å². The molecule has 6 nitrogen and oxygen atoms in total. The number of aromatic amines is 1. The van der Waals surface area contributed by atoms with Crippen molar-refractivity contribution in [1.29, 1.82) is 0 Å². The molecule has 1 amide bonds. The lowest BCUT2D eigenvalue weighted by molar-refractivity contribution is -0.128. The number of nitrogens with one attached hydrogen (secondary N) is 2. The van der Waals surface area contributed by atoms with Gasteiger partial charge in [0, 0.05) is 42.6 Å². The zero-order chi connectivity index (χ0) is 23.1. The van der Waals surface area contributed by atoms with E-state index in [-0.39, 0.29) is 17.2 Å². The summed E-state index contributed by atoms with van der Waals surface area (Å²) in [6, 6.07) is 10.2. The van der Waals surface area contributed by atoms with E-state index in [4.69, 9.17) is 5.73 Å². The van der Waals surface area contributed by atoms with Gasteiger partial charge in [-0.3, -0.25) is 9.59 Å². The number of hydrogen-bond donors (Lipinski definition) is 3. The van der Waals surface area contributed by atoms with E-state index in [1.807, 2.05) is 18.2 Å². The molecule has 4 N–H and O–H groups in total. The summed E-state index contributed by atoms with van der Waals surface area (Å²) < 4.78 is 14.8. The summed E-state index contributed by atoms with van der Waals surface area (Å²) in [5.74, 6) is -1.42. The number of aromatic nitrogens is 1. The van der Waals surface area contributed by atoms with E-state index in [2.05, 4.69) is 22.4 Å². The number of hydrogen-bond acceptors (Lipinski definition) is 4. The number of amides is 1. The molecule has 1 aliphatic heterocycles. The van der Waals surface area contributed by atoms with Crippen LogP contribution in [0.2, 0.25) is 0 Å². The van der Waals surface area contributed by atoms with Crippen LogP contribution in [0, 0.1) is 5.92 Å². The van der Waals surface area contributed by atoms with Crippen LogP contribution in [0.4, 0.5) is 4.39 Å². The lowest BCUT2D eigenvalue weighted by atomic mass is 9.91. The van der Waals surface area contributed by atoms with Crippen LogP contribution in [-0.2, 0) is 11.2 Å². The Hall–Kier alpha value is -3.35. The van der Waals surface area contributed by atoms with Gasteiger partial charge in [0.1, 0.15) is 5.83 Å². The van der Waals surface area contributed by atoms with Crippen molar-refractivity contribution in [1.82, 2.24) is 15.2 Å². The van der Waals surface area contributed by atoms with E-state index in [1.165, 1.54) is 24.2 Å². The minimum Gasteiger partial charge on any atom is -0.403 e. The third-order valence-corrected chi connectivity index (χ3v) is 5.85. The fraction of sp³-hybridized carbons (Fsp3) is 0.360. The first-order valence-electron chi connectivity index (χ1n) is 11.0. The van der Waals surface area contributed by atoms with Gasteiger partial charge in [-0.15, -0.1) is 0 Å². The molecule has 3 rings (SSSR count). The van der Waals surface area contributed by atoms with Gasteiger partial charge in [0.15, 0.2) is 0 Å². The third kappa shape index (κ3) is 5.28. The molecule has 1 atom stereocenters. The standard InChI is InChI=1S/C25H31FN4O2/c1-3-21(26)22-20(15-29-23(22)17(2)28-12-11-27)24(31)25(32)30-13-7-10-19(16-30)14-18-8-5-4-6-9-18/h4-6,8-9,11-12,15,19,28-29H,3,7,10,13-14,16,27H2,1-2H3/b12-11-,22-21+,23-17-. The van der Waals surface area contributed by atoms with Crippen molar-refractivity contribution in [2.24, 2.45) is 11.7 Å². The van der Waals surface area contributed by atoms with Crippen LogP contribution in [-0.4, -0.2) is 34.7 Å². The van der Waals surface area contributed by atoms with E-state index in [9.17, 15) is 14.0 Å². The second kappa shape index (κ2) is 10.8. The molecule has 1 fully saturated rings. The van der Waals surface area contributed by atoms with E-state index in [0.717, 1.165) is 19.3 Å². The Balaban J connectivity index is 1.85. The molecule has 0 radical (unpaired) electrons. The smallest absolute Gasteiger partial charge is 0.295 e. The van der Waals surface area contributed by atoms with Gasteiger partial charge < -0.3 is 20.9 Å². The maximum atomic E-state index is 14.8. The van der Waals surface area contributed by atoms with Crippen LogP contribution in [0.3, 0.4) is 0 Å². The normalized spacial score (nSPS) is 18.5. The van der Waals surface area contributed by atoms with E-state index < -0.39 is 17.5 Å². The number of likely N-dealkylation sites (tertiary alicyclic amines) is 1. The van der Waals surface area contributed by atoms with Crippen molar-refractivity contribution in [2.75, 3.05) is 13.1 Å². The second-order valence-corrected chi connectivity index (χ2v) is 8.12. The van der Waals surface area contributed by atoms with Crippen molar-refractivity contribution in [3.8, 4) is 0 Å². The first kappa shape index (κ1) is 23.3. The average Bonchev–Trinajstić information content (AvgIpc) is 3.27. The number of halogens is 1. The predicted octanol–water partition coefficient (Wildman–Crippen LogP) is 2.31. The Morgan fingerprint density at radius 3 is 2.75 bits per heavy atom. The van der Waals surface area contributed by atoms with Gasteiger partial charge >= 0.3 is 0 Å². The molecule has 0 bridgehead atoms. The SMILES string of the molecule is CC/C(F)=c1/c(C(=O)C(=O)N2CCCC(Cc3ccccc3)C2)c[nH]/c1=C(/C)N/C=C\N. The number of piperidine rings is 1. The van der Waals surface area contributed by atoms with Crippen LogP contribution in [0.1, 0.15) is 49.0 Å². The largest absolute Gasteiger partial charge is 0.403 e. The van der Waals surface area contributed by atoms with Gasteiger partial charge in [-0.05, 0) is 44.1 Å². The number of Topliss-reactive ketones (excluding diaryl/α,β-unsaturated/α-hetero) is 1. The van der Waals surface area contributed by atoms with E-state index in [1.54, 1.807) is 18.7 Å². The average molecular weight is 439 g/mol. The summed E-state index contributed by atoms with van der Waals surface area (Å²) in [5, 5.41) is 3.50. The van der Waals surface area contributed by atoms with Gasteiger partial charge in [0.2, 0.25) is 0 Å². The van der Waals surface area contributed by atoms with Crippen molar-refractivity contribution in [3.05, 3.63) is 70.6 Å². The number of H-pyrrole nitrogens is 1. The lowest BCUT2D eigenvalue weighted by Crippen LogP contribution is -2.45. The lowest BCUT2D eigenvalue weighted by Gasteiger charge is -2.32. The molecule has 170 valence electrons. The quantitative estimate of drug-likeness (QED) is 0.457. The van der Waals surface area contributed by atoms with Crippen LogP contribution in [0.5, 0.6) is 0 Å². The van der Waals surface area contributed by atoms with Gasteiger partial charge in [-0.2, -0.15) is 0 Å². The van der Waals surface area contributed by atoms with Crippen LogP contribution < -0.4 is 21.6 Å². The van der Waals surface area contributed by atoms with E-state index >= 15 is 0 Å². The van der Waals surface area contributed by atoms with Crippen molar-refractivity contribution in [3.63, 3.8) is 0 Å². The summed E-state index contributed by atoms with van der Waals surface area (Å²) in [6.07, 6.45) is 7.09. The predicted molar refractivity (Wildman–Crippen MR) is 124 cm³/mol. The molecule has 1 aromatic carbocycles. The fourth-order valence-electron chi connectivity index (χ4n) is 4.22. The summed E-state index contributed by atoms with van der Waals surface area (Å²) in [5.41, 5.74) is 7.24. The Labute approximate surface area is 187 Å². The molecule has 1 aliphatic rings. The molecule has 1 unspecified atom stereocenters. The summed E-state index contributed by atoms with van der Waals surface area (Å²) in [7, 11) is 0. The number of ketones is 1. The van der Waals surface area contributed by atoms with Gasteiger partial charge in [0.25, 0.3) is 11.7 Å². The Bertz CT molecular complexity index is 1100. The summed E-state index contributed by atoms with van der Waals surface area (Å²) >= 11 is 0. The molecule has 32 heavy (non-hydrogen) atoms. The molecule has 1 saturated heterocycles. The topological polar surface area (TPSA) is 91.2 Å². The molecule has 0 aliphatic carbocycles. The van der Waals surface area contributed by atoms with Gasteiger partial charge in [-0.1, -0.05) is 37.3 Å². The third-order valence-electron chi connectivity index (χ3n) is 5.85. The minimum absolute atomic E-state index is 0.0624. The Morgan fingerprint density at radius 2 is 2.06 bits per heavy atom. The van der Waals surface area contributed by atoms with Crippen molar-refractivity contribution < 1.29 is 14.0 Å². The summed E-state index contributed by atoms with van der Waals surface area (Å²) in [4.78, 5) is 30.8. The summed E-state index contributed by atoms with van der Waals surface area (Å²) in [6.45, 7) is 4.48. The molecule has 0 spiro atoms. The Morgan fingerprint density at radius 1 is 1.31 bits per heavy atom. The first-order chi connectivity index (χ1) is 15.5. The van der Waals surface area contributed by atoms with Crippen LogP contribution in [0.25, 0.3) is 11.5 Å². The highest BCUT2D eigenvalue weighted by molar-refractivity contribution is 6.42. The number of carbonyl (C=O) groups excluding carboxylic acids is 2. The van der Waals surface area contributed by atoms with Crippen LogP contribution >= 0.6 is 0 Å². The zero-order valence-electron chi connectivity index (χ0n) is 18.7. The second-order valence-electron chi connectivity index (χ2n) is 8.12.